The molecule has 4 nitrogen and oxygen atoms in total. The lowest BCUT2D eigenvalue weighted by Crippen LogP contribution is -2.49. The maximum Gasteiger partial charge on any atom is 0.311 e. The van der Waals surface area contributed by atoms with E-state index in [2.05, 4.69) is 52.0 Å². The van der Waals surface area contributed by atoms with Crippen LogP contribution in [0.4, 0.5) is 0 Å². The summed E-state index contributed by atoms with van der Waals surface area (Å²) in [4.78, 5) is 26.4. The van der Waals surface area contributed by atoms with Gasteiger partial charge in [0, 0.05) is 11.8 Å². The predicted octanol–water partition coefficient (Wildman–Crippen LogP) is 5.70. The third kappa shape index (κ3) is 3.02. The molecule has 6 rings (SSSR count). The fraction of sp³-hybridized carbons (Fsp3) is 0.500. The minimum Gasteiger partial charge on any atom is -0.481 e. The number of carboxylic acids is 1. The van der Waals surface area contributed by atoms with Gasteiger partial charge in [-0.15, -0.1) is 0 Å². The van der Waals surface area contributed by atoms with Crippen molar-refractivity contribution in [1.29, 1.82) is 0 Å². The number of carboxylic acid groups (broad SMARTS) is 1. The van der Waals surface area contributed by atoms with E-state index in [9.17, 15) is 14.7 Å². The lowest BCUT2D eigenvalue weighted by atomic mass is 9.53. The van der Waals surface area contributed by atoms with E-state index in [1.807, 2.05) is 6.92 Å². The van der Waals surface area contributed by atoms with Crippen LogP contribution < -0.4 is 0 Å². The van der Waals surface area contributed by atoms with Crippen molar-refractivity contribution in [3.63, 3.8) is 0 Å². The van der Waals surface area contributed by atoms with Gasteiger partial charge >= 0.3 is 11.9 Å². The van der Waals surface area contributed by atoms with Crippen molar-refractivity contribution in [2.45, 2.75) is 77.7 Å². The summed E-state index contributed by atoms with van der Waals surface area (Å²) in [6, 6.07) is 8.65. The van der Waals surface area contributed by atoms with Gasteiger partial charge in [0.15, 0.2) is 0 Å². The number of benzene rings is 2. The van der Waals surface area contributed by atoms with Gasteiger partial charge in [0.1, 0.15) is 5.60 Å². The van der Waals surface area contributed by atoms with E-state index < -0.39 is 23.4 Å². The average Bonchev–Trinajstić information content (AvgIpc) is 3.15. The highest BCUT2D eigenvalue weighted by Gasteiger charge is 2.57. The standard InChI is InChI=1S/C28H32O4/c1-14-10-18-20(12-16(14)3)23-21-13-17(4)15(2)11-19(21)22(18)24(26(29)30)25(23)27(31)32-28(5)8-6-7-9-28/h10-13,22-25H,6-9H2,1-5H3,(H,29,30). The first-order valence-corrected chi connectivity index (χ1v) is 11.8. The molecule has 4 aliphatic carbocycles. The van der Waals surface area contributed by atoms with E-state index in [0.717, 1.165) is 59.1 Å². The normalized spacial score (nSPS) is 27.0. The summed E-state index contributed by atoms with van der Waals surface area (Å²) in [6.45, 7) is 10.3. The fourth-order valence-electron chi connectivity index (χ4n) is 6.44. The Hall–Kier alpha value is -2.62. The molecule has 2 aromatic carbocycles. The summed E-state index contributed by atoms with van der Waals surface area (Å²) >= 11 is 0. The molecule has 2 atom stereocenters. The Morgan fingerprint density at radius 1 is 0.781 bits per heavy atom. The Morgan fingerprint density at radius 2 is 1.16 bits per heavy atom. The Balaban J connectivity index is 1.72. The smallest absolute Gasteiger partial charge is 0.311 e. The second kappa shape index (κ2) is 7.19. The molecule has 2 bridgehead atoms. The molecular weight excluding hydrogens is 400 g/mol. The molecule has 1 fully saturated rings. The molecular formula is C28H32O4. The largest absolute Gasteiger partial charge is 0.481 e. The van der Waals surface area contributed by atoms with Gasteiger partial charge in [-0.25, -0.2) is 0 Å². The van der Waals surface area contributed by atoms with Crippen LogP contribution in [0.5, 0.6) is 0 Å². The fourth-order valence-corrected chi connectivity index (χ4v) is 6.44. The van der Waals surface area contributed by atoms with Gasteiger partial charge in [0.25, 0.3) is 0 Å². The van der Waals surface area contributed by atoms with Crippen molar-refractivity contribution in [1.82, 2.24) is 0 Å². The minimum atomic E-state index is -0.911. The lowest BCUT2D eigenvalue weighted by Gasteiger charge is -2.49. The van der Waals surface area contributed by atoms with E-state index >= 15 is 0 Å². The molecule has 2 unspecified atom stereocenters. The van der Waals surface area contributed by atoms with Gasteiger partial charge in [0.05, 0.1) is 11.8 Å². The molecule has 0 spiro atoms. The summed E-state index contributed by atoms with van der Waals surface area (Å²) in [6.07, 6.45) is 3.79. The number of hydrogen-bond acceptors (Lipinski definition) is 3. The molecule has 0 amide bonds. The van der Waals surface area contributed by atoms with Gasteiger partial charge < -0.3 is 9.84 Å². The number of fused-ring (bicyclic) bond motifs is 1. The number of ether oxygens (including phenoxy) is 1. The van der Waals surface area contributed by atoms with Gasteiger partial charge in [-0.1, -0.05) is 24.3 Å². The van der Waals surface area contributed by atoms with Crippen molar-refractivity contribution in [3.8, 4) is 0 Å². The molecule has 2 aromatic rings. The highest BCUT2D eigenvalue weighted by molar-refractivity contribution is 5.87. The number of hydrogen-bond donors (Lipinski definition) is 1. The van der Waals surface area contributed by atoms with E-state index in [1.54, 1.807) is 0 Å². The predicted molar refractivity (Wildman–Crippen MR) is 123 cm³/mol. The van der Waals surface area contributed by atoms with E-state index in [-0.39, 0.29) is 17.8 Å². The van der Waals surface area contributed by atoms with Crippen LogP contribution in [0.3, 0.4) is 0 Å². The molecule has 168 valence electrons. The van der Waals surface area contributed by atoms with Crippen molar-refractivity contribution in [3.05, 3.63) is 68.8 Å². The number of aliphatic carboxylic acids is 1. The molecule has 0 aromatic heterocycles. The van der Waals surface area contributed by atoms with Gasteiger partial charge in [-0.3, -0.25) is 9.59 Å². The van der Waals surface area contributed by atoms with E-state index in [4.69, 9.17) is 4.74 Å². The van der Waals surface area contributed by atoms with Crippen LogP contribution >= 0.6 is 0 Å². The monoisotopic (exact) mass is 432 g/mol. The maximum absolute atomic E-state index is 13.7. The zero-order chi connectivity index (χ0) is 22.9. The van der Waals surface area contributed by atoms with Crippen LogP contribution in [0.1, 0.15) is 89.0 Å². The minimum absolute atomic E-state index is 0.290. The summed E-state index contributed by atoms with van der Waals surface area (Å²) in [5.74, 6) is -3.41. The topological polar surface area (TPSA) is 63.6 Å². The number of esters is 1. The zero-order valence-corrected chi connectivity index (χ0v) is 19.6. The first-order valence-electron chi connectivity index (χ1n) is 11.8. The first kappa shape index (κ1) is 21.2. The van der Waals surface area contributed by atoms with Crippen LogP contribution in [0.25, 0.3) is 0 Å². The third-order valence-electron chi connectivity index (χ3n) is 8.41. The van der Waals surface area contributed by atoms with Gasteiger partial charge in [-0.05, 0) is 105 Å². The van der Waals surface area contributed by atoms with Crippen molar-refractivity contribution in [2.75, 3.05) is 0 Å². The SMILES string of the molecule is Cc1cc2c(cc1C)C1c3cc(C)c(C)cc3C2C(C(=O)O)C1C(=O)OC1(C)CCCC1. The Bertz CT molecular complexity index is 1080. The Labute approximate surface area is 190 Å². The third-order valence-corrected chi connectivity index (χ3v) is 8.41. The molecule has 0 saturated heterocycles. The highest BCUT2D eigenvalue weighted by Crippen LogP contribution is 2.59. The van der Waals surface area contributed by atoms with E-state index in [0.29, 0.717) is 0 Å². The van der Waals surface area contributed by atoms with Gasteiger partial charge in [0.2, 0.25) is 0 Å². The Morgan fingerprint density at radius 3 is 1.53 bits per heavy atom. The molecule has 1 saturated carbocycles. The number of rotatable bonds is 3. The van der Waals surface area contributed by atoms with Crippen LogP contribution in [0.2, 0.25) is 0 Å². The first-order chi connectivity index (χ1) is 15.1. The van der Waals surface area contributed by atoms with Crippen LogP contribution in [0, 0.1) is 39.5 Å². The quantitative estimate of drug-likeness (QED) is 0.632. The molecule has 0 radical (unpaired) electrons. The number of carbonyl (C=O) groups excluding carboxylic acids is 1. The van der Waals surface area contributed by atoms with Crippen LogP contribution in [-0.2, 0) is 14.3 Å². The molecule has 0 aliphatic heterocycles. The van der Waals surface area contributed by atoms with Crippen molar-refractivity contribution < 1.29 is 19.4 Å². The summed E-state index contributed by atoms with van der Waals surface area (Å²) in [7, 11) is 0. The second-order valence-electron chi connectivity index (χ2n) is 10.6. The summed E-state index contributed by atoms with van der Waals surface area (Å²) < 4.78 is 6.11. The molecule has 4 heteroatoms. The Kier molecular flexibility index (Phi) is 4.77. The molecule has 0 heterocycles. The number of aryl methyl sites for hydroxylation is 4. The summed E-state index contributed by atoms with van der Waals surface area (Å²) in [5.41, 5.74) is 8.51. The number of carbonyl (C=O) groups is 2. The van der Waals surface area contributed by atoms with E-state index in [1.165, 1.54) is 11.1 Å². The maximum atomic E-state index is 13.7. The molecule has 32 heavy (non-hydrogen) atoms. The average molecular weight is 433 g/mol. The van der Waals surface area contributed by atoms with Crippen LogP contribution in [0.15, 0.2) is 24.3 Å². The van der Waals surface area contributed by atoms with Crippen LogP contribution in [-0.4, -0.2) is 22.6 Å². The lowest BCUT2D eigenvalue weighted by molar-refractivity contribution is -0.171. The highest BCUT2D eigenvalue weighted by atomic mass is 16.6. The van der Waals surface area contributed by atoms with Crippen molar-refractivity contribution >= 4 is 11.9 Å². The van der Waals surface area contributed by atoms with Crippen molar-refractivity contribution in [2.24, 2.45) is 11.8 Å². The second-order valence-corrected chi connectivity index (χ2v) is 10.6. The zero-order valence-electron chi connectivity index (χ0n) is 19.6. The van der Waals surface area contributed by atoms with Gasteiger partial charge in [-0.2, -0.15) is 0 Å². The summed E-state index contributed by atoms with van der Waals surface area (Å²) in [5, 5.41) is 10.4. The molecule has 1 N–H and O–H groups in total. The molecule has 4 aliphatic rings.